The average molecular weight is 161 g/mol. The first kappa shape index (κ1) is 10.4. The first-order valence-corrected chi connectivity index (χ1v) is 3.93. The van der Waals surface area contributed by atoms with Crippen LogP contribution in [-0.2, 0) is 0 Å². The maximum atomic E-state index is 10.1. The lowest BCUT2D eigenvalue weighted by molar-refractivity contribution is -0.488. The van der Waals surface area contributed by atoms with Gasteiger partial charge in [0.15, 0.2) is 0 Å². The Morgan fingerprint density at radius 3 is 2.55 bits per heavy atom. The van der Waals surface area contributed by atoms with Crippen LogP contribution in [0.4, 0.5) is 0 Å². The summed E-state index contributed by atoms with van der Waals surface area (Å²) in [5.41, 5.74) is 0. The molecule has 0 aromatic rings. The fourth-order valence-electron chi connectivity index (χ4n) is 1.13. The molecule has 0 spiro atoms. The monoisotopic (exact) mass is 161 g/mol. The highest BCUT2D eigenvalue weighted by molar-refractivity contribution is 4.55. The second kappa shape index (κ2) is 6.09. The third-order valence-corrected chi connectivity index (χ3v) is 1.64. The van der Waals surface area contributed by atoms with Gasteiger partial charge in [0.05, 0.1) is 0 Å². The fourth-order valence-corrected chi connectivity index (χ4v) is 1.13. The van der Waals surface area contributed by atoms with Gasteiger partial charge in [0.2, 0.25) is 6.54 Å². The predicted octanol–water partition coefficient (Wildman–Crippen LogP) is 1.06. The van der Waals surface area contributed by atoms with E-state index in [1.807, 2.05) is 6.92 Å². The normalized spacial score (nSPS) is 12.9. The van der Waals surface area contributed by atoms with Gasteiger partial charge in [-0.3, -0.25) is 10.1 Å². The summed E-state index contributed by atoms with van der Waals surface area (Å²) >= 11 is 0. The van der Waals surface area contributed by atoms with Crippen molar-refractivity contribution in [3.63, 3.8) is 0 Å². The van der Waals surface area contributed by atoms with E-state index in [2.05, 4.69) is 0 Å². The van der Waals surface area contributed by atoms with Crippen molar-refractivity contribution in [3.8, 4) is 0 Å². The SMILES string of the molecule is CCC[C@H](CCO)C[N+](=O)[O-]. The van der Waals surface area contributed by atoms with Crippen LogP contribution in [0, 0.1) is 16.0 Å². The maximum Gasteiger partial charge on any atom is 0.206 e. The molecule has 11 heavy (non-hydrogen) atoms. The van der Waals surface area contributed by atoms with E-state index in [0.29, 0.717) is 6.42 Å². The standard InChI is InChI=1S/C7H15NO3/c1-2-3-7(4-5-9)6-8(10)11/h7,9H,2-6H2,1H3/t7-/m1/s1. The molecule has 0 fully saturated rings. The number of nitro groups is 1. The molecule has 0 radical (unpaired) electrons. The summed E-state index contributed by atoms with van der Waals surface area (Å²) in [6, 6.07) is 0. The van der Waals surface area contributed by atoms with E-state index in [0.717, 1.165) is 12.8 Å². The zero-order valence-corrected chi connectivity index (χ0v) is 6.82. The maximum absolute atomic E-state index is 10.1. The number of aliphatic hydroxyl groups is 1. The molecule has 0 bridgehead atoms. The summed E-state index contributed by atoms with van der Waals surface area (Å²) in [7, 11) is 0. The van der Waals surface area contributed by atoms with Crippen LogP contribution in [-0.4, -0.2) is 23.2 Å². The second-order valence-electron chi connectivity index (χ2n) is 2.68. The molecule has 1 atom stereocenters. The third kappa shape index (κ3) is 5.79. The number of aliphatic hydroxyl groups excluding tert-OH is 1. The summed E-state index contributed by atoms with van der Waals surface area (Å²) in [5, 5.41) is 18.6. The second-order valence-corrected chi connectivity index (χ2v) is 2.68. The minimum absolute atomic E-state index is 0.00556. The highest BCUT2D eigenvalue weighted by Crippen LogP contribution is 2.10. The van der Waals surface area contributed by atoms with Crippen LogP contribution in [0.15, 0.2) is 0 Å². The van der Waals surface area contributed by atoms with E-state index in [9.17, 15) is 10.1 Å². The highest BCUT2D eigenvalue weighted by Gasteiger charge is 2.12. The van der Waals surface area contributed by atoms with E-state index < -0.39 is 0 Å². The van der Waals surface area contributed by atoms with Crippen LogP contribution in [0.1, 0.15) is 26.2 Å². The molecule has 4 nitrogen and oxygen atoms in total. The lowest BCUT2D eigenvalue weighted by Gasteiger charge is -2.08. The summed E-state index contributed by atoms with van der Waals surface area (Å²) in [6.45, 7) is 2.04. The molecule has 0 heterocycles. The minimum atomic E-state index is -0.310. The molecule has 0 unspecified atom stereocenters. The first-order chi connectivity index (χ1) is 5.20. The fraction of sp³-hybridized carbons (Fsp3) is 1.00. The van der Waals surface area contributed by atoms with Crippen LogP contribution in [0.2, 0.25) is 0 Å². The Kier molecular flexibility index (Phi) is 5.74. The van der Waals surface area contributed by atoms with Gasteiger partial charge in [0, 0.05) is 17.4 Å². The zero-order valence-electron chi connectivity index (χ0n) is 6.82. The Labute approximate surface area is 66.4 Å². The Bertz CT molecular complexity index is 110. The van der Waals surface area contributed by atoms with Gasteiger partial charge in [-0.25, -0.2) is 0 Å². The zero-order chi connectivity index (χ0) is 8.69. The van der Waals surface area contributed by atoms with Gasteiger partial charge in [-0.2, -0.15) is 0 Å². The van der Waals surface area contributed by atoms with Crippen molar-refractivity contribution in [2.75, 3.05) is 13.2 Å². The van der Waals surface area contributed by atoms with Crippen LogP contribution in [0.3, 0.4) is 0 Å². The van der Waals surface area contributed by atoms with E-state index >= 15 is 0 Å². The van der Waals surface area contributed by atoms with E-state index in [4.69, 9.17) is 5.11 Å². The minimum Gasteiger partial charge on any atom is -0.396 e. The largest absolute Gasteiger partial charge is 0.396 e. The summed E-state index contributed by atoms with van der Waals surface area (Å²) in [6.07, 6.45) is 2.33. The highest BCUT2D eigenvalue weighted by atomic mass is 16.6. The molecule has 0 aromatic carbocycles. The van der Waals surface area contributed by atoms with Gasteiger partial charge in [-0.15, -0.1) is 0 Å². The van der Waals surface area contributed by atoms with Crippen molar-refractivity contribution in [1.82, 2.24) is 0 Å². The first-order valence-electron chi connectivity index (χ1n) is 3.93. The van der Waals surface area contributed by atoms with E-state index in [1.54, 1.807) is 0 Å². The van der Waals surface area contributed by atoms with Gasteiger partial charge >= 0.3 is 0 Å². The Balaban J connectivity index is 3.59. The van der Waals surface area contributed by atoms with E-state index in [1.165, 1.54) is 0 Å². The molecule has 0 saturated heterocycles. The van der Waals surface area contributed by atoms with Crippen LogP contribution < -0.4 is 0 Å². The lowest BCUT2D eigenvalue weighted by atomic mass is 10.0. The van der Waals surface area contributed by atoms with Crippen molar-refractivity contribution < 1.29 is 10.0 Å². The van der Waals surface area contributed by atoms with Crippen molar-refractivity contribution >= 4 is 0 Å². The molecule has 0 saturated carbocycles. The summed E-state index contributed by atoms with van der Waals surface area (Å²) in [4.78, 5) is 9.77. The Hall–Kier alpha value is -0.640. The molecule has 0 aromatic heterocycles. The molecule has 0 amide bonds. The number of nitrogens with zero attached hydrogens (tertiary/aromatic N) is 1. The summed E-state index contributed by atoms with van der Waals surface area (Å²) < 4.78 is 0. The van der Waals surface area contributed by atoms with Gasteiger partial charge in [0.1, 0.15) is 0 Å². The van der Waals surface area contributed by atoms with Crippen LogP contribution in [0.25, 0.3) is 0 Å². The van der Waals surface area contributed by atoms with Crippen molar-refractivity contribution in [1.29, 1.82) is 0 Å². The average Bonchev–Trinajstić information content (AvgIpc) is 1.87. The molecule has 0 rings (SSSR count). The quantitative estimate of drug-likeness (QED) is 0.468. The molecule has 0 aliphatic carbocycles. The third-order valence-electron chi connectivity index (χ3n) is 1.64. The van der Waals surface area contributed by atoms with Crippen LogP contribution >= 0.6 is 0 Å². The van der Waals surface area contributed by atoms with Crippen molar-refractivity contribution in [2.45, 2.75) is 26.2 Å². The van der Waals surface area contributed by atoms with Gasteiger partial charge < -0.3 is 5.11 Å². The van der Waals surface area contributed by atoms with Crippen molar-refractivity contribution in [2.24, 2.45) is 5.92 Å². The predicted molar refractivity (Wildman–Crippen MR) is 42.0 cm³/mol. The van der Waals surface area contributed by atoms with Crippen molar-refractivity contribution in [3.05, 3.63) is 10.1 Å². The van der Waals surface area contributed by atoms with Gasteiger partial charge in [-0.1, -0.05) is 13.3 Å². The summed E-state index contributed by atoms with van der Waals surface area (Å²) in [5.74, 6) is 0.0556. The number of hydrogen-bond donors (Lipinski definition) is 1. The van der Waals surface area contributed by atoms with Crippen LogP contribution in [0.5, 0.6) is 0 Å². The molecule has 0 aliphatic heterocycles. The van der Waals surface area contributed by atoms with Gasteiger partial charge in [-0.05, 0) is 12.8 Å². The smallest absolute Gasteiger partial charge is 0.206 e. The van der Waals surface area contributed by atoms with Gasteiger partial charge in [0.25, 0.3) is 0 Å². The molecule has 1 N–H and O–H groups in total. The molecule has 66 valence electrons. The number of hydrogen-bond acceptors (Lipinski definition) is 3. The molecule has 4 heteroatoms. The lowest BCUT2D eigenvalue weighted by Crippen LogP contribution is -2.15. The topological polar surface area (TPSA) is 63.4 Å². The Morgan fingerprint density at radius 2 is 2.18 bits per heavy atom. The number of rotatable bonds is 6. The van der Waals surface area contributed by atoms with E-state index in [-0.39, 0.29) is 24.0 Å². The molecule has 0 aliphatic rings. The Morgan fingerprint density at radius 1 is 1.55 bits per heavy atom. The molecular formula is C7H15NO3. The molecular weight excluding hydrogens is 146 g/mol.